The highest BCUT2D eigenvalue weighted by molar-refractivity contribution is 5.97. The summed E-state index contributed by atoms with van der Waals surface area (Å²) in [6.07, 6.45) is 5.38. The molecule has 0 aliphatic carbocycles. The van der Waals surface area contributed by atoms with Crippen LogP contribution in [0.2, 0.25) is 0 Å². The van der Waals surface area contributed by atoms with E-state index in [0.717, 1.165) is 62.0 Å². The van der Waals surface area contributed by atoms with Crippen LogP contribution in [-0.4, -0.2) is 25.7 Å². The molecule has 0 saturated carbocycles. The molecule has 194 valence electrons. The minimum absolute atomic E-state index is 0.351. The second kappa shape index (κ2) is 10.4. The summed E-state index contributed by atoms with van der Waals surface area (Å²) in [6.45, 7) is 9.00. The van der Waals surface area contributed by atoms with Gasteiger partial charge in [-0.05, 0) is 43.5 Å². The fraction of sp³-hybridized carbons (Fsp3) is 0.387. The molecule has 0 bridgehead atoms. The Bertz CT molecular complexity index is 1300. The first kappa shape index (κ1) is 25.0. The van der Waals surface area contributed by atoms with E-state index < -0.39 is 5.60 Å². The van der Waals surface area contributed by atoms with E-state index in [1.54, 1.807) is 0 Å². The summed E-state index contributed by atoms with van der Waals surface area (Å²) in [5.74, 6) is 1.48. The smallest absolute Gasteiger partial charge is 0.340 e. The van der Waals surface area contributed by atoms with Crippen LogP contribution in [0.1, 0.15) is 79.9 Å². The van der Waals surface area contributed by atoms with Crippen LogP contribution < -0.4 is 20.1 Å². The quantitative estimate of drug-likeness (QED) is 0.238. The SMILES string of the molecule is CCCCN(CCCC)c1ccc2c(c1)Oc1cc(OCCC)c(N)cc1C21OC(=O)c2ccccc21. The largest absolute Gasteiger partial charge is 0.491 e. The van der Waals surface area contributed by atoms with Crippen LogP contribution in [0, 0.1) is 0 Å². The molecule has 1 spiro atoms. The lowest BCUT2D eigenvalue weighted by molar-refractivity contribution is 0.0224. The van der Waals surface area contributed by atoms with Crippen LogP contribution in [0.15, 0.2) is 54.6 Å². The Morgan fingerprint density at radius 1 is 0.865 bits per heavy atom. The van der Waals surface area contributed by atoms with Gasteiger partial charge in [0.05, 0.1) is 17.9 Å². The molecule has 2 N–H and O–H groups in total. The van der Waals surface area contributed by atoms with Gasteiger partial charge in [0, 0.05) is 47.6 Å². The van der Waals surface area contributed by atoms with Crippen molar-refractivity contribution in [2.45, 2.75) is 58.5 Å². The standard InChI is InChI=1S/C31H36N2O4/c1-4-7-15-33(16-8-5-2)21-13-14-24-27(18-21)36-28-20-29(35-17-6-3)26(32)19-25(28)31(24)23-12-10-9-11-22(23)30(34)37-31/h9-14,18-20H,4-8,15-17,32H2,1-3H3. The Labute approximate surface area is 219 Å². The Morgan fingerprint density at radius 3 is 2.32 bits per heavy atom. The molecule has 1 unspecified atom stereocenters. The number of carbonyl (C=O) groups excluding carboxylic acids is 1. The molecular formula is C31H36N2O4. The Morgan fingerprint density at radius 2 is 1.59 bits per heavy atom. The maximum absolute atomic E-state index is 13.1. The highest BCUT2D eigenvalue weighted by Crippen LogP contribution is 2.57. The van der Waals surface area contributed by atoms with Gasteiger partial charge in [-0.15, -0.1) is 0 Å². The highest BCUT2D eigenvalue weighted by atomic mass is 16.6. The van der Waals surface area contributed by atoms with E-state index >= 15 is 0 Å². The average Bonchev–Trinajstić information content (AvgIpc) is 3.21. The monoisotopic (exact) mass is 500 g/mol. The van der Waals surface area contributed by atoms with Gasteiger partial charge in [0.25, 0.3) is 0 Å². The summed E-state index contributed by atoms with van der Waals surface area (Å²) < 4.78 is 18.7. The summed E-state index contributed by atoms with van der Waals surface area (Å²) in [7, 11) is 0. The molecule has 0 fully saturated rings. The van der Waals surface area contributed by atoms with E-state index in [4.69, 9.17) is 19.9 Å². The van der Waals surface area contributed by atoms with E-state index in [2.05, 4.69) is 37.8 Å². The third-order valence-corrected chi connectivity index (χ3v) is 7.22. The summed E-state index contributed by atoms with van der Waals surface area (Å²) in [6, 6.07) is 17.5. The summed E-state index contributed by atoms with van der Waals surface area (Å²) in [5, 5.41) is 0. The number of hydrogen-bond acceptors (Lipinski definition) is 6. The van der Waals surface area contributed by atoms with Gasteiger partial charge < -0.3 is 24.8 Å². The van der Waals surface area contributed by atoms with Gasteiger partial charge >= 0.3 is 5.97 Å². The summed E-state index contributed by atoms with van der Waals surface area (Å²) in [5.41, 5.74) is 9.77. The van der Waals surface area contributed by atoms with Crippen molar-refractivity contribution in [2.24, 2.45) is 0 Å². The fourth-order valence-electron chi connectivity index (χ4n) is 5.31. The van der Waals surface area contributed by atoms with Crippen molar-refractivity contribution in [3.05, 3.63) is 76.9 Å². The molecule has 0 radical (unpaired) electrons. The number of fused-ring (bicyclic) bond motifs is 6. The number of unbranched alkanes of at least 4 members (excludes halogenated alkanes) is 2. The average molecular weight is 501 g/mol. The van der Waals surface area contributed by atoms with Gasteiger partial charge in [0.2, 0.25) is 0 Å². The first-order chi connectivity index (χ1) is 18.0. The molecular weight excluding hydrogens is 464 g/mol. The van der Waals surface area contributed by atoms with E-state index in [1.165, 1.54) is 0 Å². The van der Waals surface area contributed by atoms with Gasteiger partial charge in [-0.3, -0.25) is 0 Å². The topological polar surface area (TPSA) is 74.0 Å². The second-order valence-corrected chi connectivity index (χ2v) is 9.83. The number of esters is 1. The zero-order valence-corrected chi connectivity index (χ0v) is 22.0. The van der Waals surface area contributed by atoms with Gasteiger partial charge in [-0.2, -0.15) is 0 Å². The van der Waals surface area contributed by atoms with Crippen LogP contribution in [0.5, 0.6) is 17.2 Å². The Balaban J connectivity index is 1.68. The molecule has 3 aromatic carbocycles. The minimum Gasteiger partial charge on any atom is -0.491 e. The van der Waals surface area contributed by atoms with Crippen LogP contribution >= 0.6 is 0 Å². The van der Waals surface area contributed by atoms with E-state index in [9.17, 15) is 4.79 Å². The molecule has 37 heavy (non-hydrogen) atoms. The number of carbonyl (C=O) groups is 1. The van der Waals surface area contributed by atoms with Crippen molar-refractivity contribution in [3.63, 3.8) is 0 Å². The number of hydrogen-bond donors (Lipinski definition) is 1. The lowest BCUT2D eigenvalue weighted by Crippen LogP contribution is -2.33. The molecule has 2 aliphatic rings. The number of benzene rings is 3. The predicted octanol–water partition coefficient (Wildman–Crippen LogP) is 7.03. The molecule has 6 heteroatoms. The molecule has 0 saturated heterocycles. The molecule has 5 rings (SSSR count). The lowest BCUT2D eigenvalue weighted by Gasteiger charge is -2.37. The van der Waals surface area contributed by atoms with Gasteiger partial charge in [0.15, 0.2) is 5.60 Å². The Kier molecular flexibility index (Phi) is 7.00. The number of ether oxygens (including phenoxy) is 3. The third-order valence-electron chi connectivity index (χ3n) is 7.22. The molecule has 2 heterocycles. The molecule has 2 aliphatic heterocycles. The number of nitrogen functional groups attached to an aromatic ring is 1. The van der Waals surface area contributed by atoms with Crippen molar-refractivity contribution in [2.75, 3.05) is 30.3 Å². The zero-order valence-electron chi connectivity index (χ0n) is 22.0. The van der Waals surface area contributed by atoms with Gasteiger partial charge in [0.1, 0.15) is 17.2 Å². The minimum atomic E-state index is -1.13. The predicted molar refractivity (Wildman–Crippen MR) is 147 cm³/mol. The zero-order chi connectivity index (χ0) is 26.0. The molecule has 6 nitrogen and oxygen atoms in total. The first-order valence-electron chi connectivity index (χ1n) is 13.5. The first-order valence-corrected chi connectivity index (χ1v) is 13.5. The molecule has 3 aromatic rings. The third kappa shape index (κ3) is 4.28. The summed E-state index contributed by atoms with van der Waals surface area (Å²) in [4.78, 5) is 15.6. The van der Waals surface area contributed by atoms with Gasteiger partial charge in [-0.25, -0.2) is 4.79 Å². The fourth-order valence-corrected chi connectivity index (χ4v) is 5.31. The highest BCUT2D eigenvalue weighted by Gasteiger charge is 2.53. The number of nitrogens with zero attached hydrogens (tertiary/aromatic N) is 1. The second-order valence-electron chi connectivity index (χ2n) is 9.83. The van der Waals surface area contributed by atoms with Crippen molar-refractivity contribution < 1.29 is 19.0 Å². The van der Waals surface area contributed by atoms with Crippen LogP contribution in [0.4, 0.5) is 11.4 Å². The maximum atomic E-state index is 13.1. The lowest BCUT2D eigenvalue weighted by atomic mass is 9.77. The summed E-state index contributed by atoms with van der Waals surface area (Å²) >= 11 is 0. The normalized spacial score (nSPS) is 17.0. The van der Waals surface area contributed by atoms with Crippen LogP contribution in [-0.2, 0) is 10.3 Å². The van der Waals surface area contributed by atoms with Crippen molar-refractivity contribution in [3.8, 4) is 17.2 Å². The molecule has 1 atom stereocenters. The molecule has 0 amide bonds. The van der Waals surface area contributed by atoms with Crippen LogP contribution in [0.25, 0.3) is 0 Å². The van der Waals surface area contributed by atoms with Crippen molar-refractivity contribution in [1.29, 1.82) is 0 Å². The number of anilines is 2. The van der Waals surface area contributed by atoms with Gasteiger partial charge in [-0.1, -0.05) is 51.8 Å². The van der Waals surface area contributed by atoms with E-state index in [-0.39, 0.29) is 5.97 Å². The van der Waals surface area contributed by atoms with E-state index in [0.29, 0.717) is 40.7 Å². The van der Waals surface area contributed by atoms with Crippen LogP contribution in [0.3, 0.4) is 0 Å². The maximum Gasteiger partial charge on any atom is 0.340 e. The Hall–Kier alpha value is -3.67. The van der Waals surface area contributed by atoms with Crippen molar-refractivity contribution >= 4 is 17.3 Å². The molecule has 0 aromatic heterocycles. The number of rotatable bonds is 10. The number of nitrogens with two attached hydrogens (primary N) is 1. The van der Waals surface area contributed by atoms with Crippen molar-refractivity contribution in [1.82, 2.24) is 0 Å². The van der Waals surface area contributed by atoms with E-state index in [1.807, 2.05) is 42.5 Å².